The molecule has 0 aromatic heterocycles. The zero-order valence-corrected chi connectivity index (χ0v) is 8.76. The van der Waals surface area contributed by atoms with Gasteiger partial charge in [0.1, 0.15) is 0 Å². The van der Waals surface area contributed by atoms with E-state index < -0.39 is 0 Å². The van der Waals surface area contributed by atoms with Gasteiger partial charge < -0.3 is 5.32 Å². The third kappa shape index (κ3) is 2.05. The van der Waals surface area contributed by atoms with Crippen LogP contribution in [0.5, 0.6) is 0 Å². The van der Waals surface area contributed by atoms with Crippen LogP contribution in [-0.2, 0) is 0 Å². The first kappa shape index (κ1) is 9.47. The molecule has 0 radical (unpaired) electrons. The minimum absolute atomic E-state index is 0.770. The minimum Gasteiger partial charge on any atom is -0.315 e. The number of hydrogen-bond acceptors (Lipinski definition) is 2. The molecule has 1 aliphatic heterocycles. The Morgan fingerprint density at radius 3 is 2.38 bits per heavy atom. The lowest BCUT2D eigenvalue weighted by atomic mass is 9.89. The van der Waals surface area contributed by atoms with E-state index in [2.05, 4.69) is 17.3 Å². The van der Waals surface area contributed by atoms with Gasteiger partial charge in [-0.2, -0.15) is 0 Å². The zero-order chi connectivity index (χ0) is 9.10. The standard InChI is InChI=1S/C11H22N2/c1-12-10-6-2-3-7-11(10)13-8-4-5-9-13/h10-12H,2-9H2,1H3/t10?,11-/m1/s1. The molecule has 13 heavy (non-hydrogen) atoms. The van der Waals surface area contributed by atoms with Crippen molar-refractivity contribution in [2.45, 2.75) is 50.6 Å². The number of nitrogens with zero attached hydrogens (tertiary/aromatic N) is 1. The van der Waals surface area contributed by atoms with Crippen molar-refractivity contribution in [1.29, 1.82) is 0 Å². The van der Waals surface area contributed by atoms with Crippen LogP contribution in [0.4, 0.5) is 0 Å². The molecule has 1 aliphatic carbocycles. The monoisotopic (exact) mass is 182 g/mol. The molecule has 0 aromatic carbocycles. The van der Waals surface area contributed by atoms with Gasteiger partial charge in [-0.3, -0.25) is 4.90 Å². The lowest BCUT2D eigenvalue weighted by molar-refractivity contribution is 0.153. The van der Waals surface area contributed by atoms with Crippen LogP contribution < -0.4 is 5.32 Å². The van der Waals surface area contributed by atoms with E-state index in [1.165, 1.54) is 51.6 Å². The molecular weight excluding hydrogens is 160 g/mol. The maximum atomic E-state index is 3.49. The average molecular weight is 182 g/mol. The Morgan fingerprint density at radius 2 is 1.69 bits per heavy atom. The summed E-state index contributed by atoms with van der Waals surface area (Å²) in [5.41, 5.74) is 0. The molecule has 0 amide bonds. The molecule has 1 saturated carbocycles. The van der Waals surface area contributed by atoms with Crippen molar-refractivity contribution < 1.29 is 0 Å². The molecular formula is C11H22N2. The second-order valence-electron chi connectivity index (χ2n) is 4.49. The van der Waals surface area contributed by atoms with Gasteiger partial charge in [-0.15, -0.1) is 0 Å². The third-order valence-corrected chi connectivity index (χ3v) is 3.71. The van der Waals surface area contributed by atoms with Gasteiger partial charge in [0.25, 0.3) is 0 Å². The van der Waals surface area contributed by atoms with Crippen LogP contribution in [0.15, 0.2) is 0 Å². The van der Waals surface area contributed by atoms with E-state index in [0.29, 0.717) is 0 Å². The van der Waals surface area contributed by atoms with Gasteiger partial charge in [0.2, 0.25) is 0 Å². The highest BCUT2D eigenvalue weighted by Crippen LogP contribution is 2.25. The summed E-state index contributed by atoms with van der Waals surface area (Å²) in [7, 11) is 2.12. The molecule has 1 N–H and O–H groups in total. The van der Waals surface area contributed by atoms with E-state index in [9.17, 15) is 0 Å². The van der Waals surface area contributed by atoms with Crippen LogP contribution in [0.1, 0.15) is 38.5 Å². The predicted molar refractivity (Wildman–Crippen MR) is 55.9 cm³/mol. The Balaban J connectivity index is 1.93. The molecule has 76 valence electrons. The summed E-state index contributed by atoms with van der Waals surface area (Å²) in [6, 6.07) is 1.62. The van der Waals surface area contributed by atoms with Gasteiger partial charge in [-0.05, 0) is 45.8 Å². The summed E-state index contributed by atoms with van der Waals surface area (Å²) in [5, 5.41) is 3.49. The van der Waals surface area contributed by atoms with E-state index in [-0.39, 0.29) is 0 Å². The van der Waals surface area contributed by atoms with E-state index in [4.69, 9.17) is 0 Å². The molecule has 2 heteroatoms. The number of likely N-dealkylation sites (tertiary alicyclic amines) is 1. The van der Waals surface area contributed by atoms with Gasteiger partial charge in [-0.25, -0.2) is 0 Å². The molecule has 0 spiro atoms. The summed E-state index contributed by atoms with van der Waals surface area (Å²) in [6.45, 7) is 2.70. The van der Waals surface area contributed by atoms with Crippen molar-refractivity contribution in [1.82, 2.24) is 10.2 Å². The van der Waals surface area contributed by atoms with E-state index in [1.807, 2.05) is 0 Å². The van der Waals surface area contributed by atoms with Crippen LogP contribution in [0.3, 0.4) is 0 Å². The largest absolute Gasteiger partial charge is 0.315 e. The number of nitrogens with one attached hydrogen (secondary N) is 1. The number of rotatable bonds is 2. The van der Waals surface area contributed by atoms with Crippen LogP contribution in [0.25, 0.3) is 0 Å². The Bertz CT molecular complexity index is 150. The maximum Gasteiger partial charge on any atom is 0.0249 e. The Labute approximate surface area is 81.7 Å². The van der Waals surface area contributed by atoms with Crippen molar-refractivity contribution in [2.24, 2.45) is 0 Å². The SMILES string of the molecule is CNC1CCCC[C@H]1N1CCCC1. The second-order valence-corrected chi connectivity index (χ2v) is 4.49. The Hall–Kier alpha value is -0.0800. The van der Waals surface area contributed by atoms with E-state index in [1.54, 1.807) is 0 Å². The topological polar surface area (TPSA) is 15.3 Å². The fraction of sp³-hybridized carbons (Fsp3) is 1.00. The molecule has 1 saturated heterocycles. The summed E-state index contributed by atoms with van der Waals surface area (Å²) in [4.78, 5) is 2.71. The number of hydrogen-bond donors (Lipinski definition) is 1. The summed E-state index contributed by atoms with van der Waals surface area (Å²) < 4.78 is 0. The van der Waals surface area contributed by atoms with Gasteiger partial charge in [-0.1, -0.05) is 12.8 Å². The summed E-state index contributed by atoms with van der Waals surface area (Å²) in [5.74, 6) is 0. The smallest absolute Gasteiger partial charge is 0.0249 e. The first-order chi connectivity index (χ1) is 6.42. The van der Waals surface area contributed by atoms with Gasteiger partial charge >= 0.3 is 0 Å². The van der Waals surface area contributed by atoms with Crippen LogP contribution >= 0.6 is 0 Å². The van der Waals surface area contributed by atoms with Crippen LogP contribution in [-0.4, -0.2) is 37.1 Å². The summed E-state index contributed by atoms with van der Waals surface area (Å²) >= 11 is 0. The molecule has 2 atom stereocenters. The van der Waals surface area contributed by atoms with Crippen molar-refractivity contribution in [3.05, 3.63) is 0 Å². The normalized spacial score (nSPS) is 36.7. The number of likely N-dealkylation sites (N-methyl/N-ethyl adjacent to an activating group) is 1. The first-order valence-corrected chi connectivity index (χ1v) is 5.83. The van der Waals surface area contributed by atoms with Gasteiger partial charge in [0, 0.05) is 12.1 Å². The van der Waals surface area contributed by atoms with E-state index in [0.717, 1.165) is 12.1 Å². The lowest BCUT2D eigenvalue weighted by Gasteiger charge is -2.37. The fourth-order valence-corrected chi connectivity index (χ4v) is 2.96. The Morgan fingerprint density at radius 1 is 1.00 bits per heavy atom. The predicted octanol–water partition coefficient (Wildman–Crippen LogP) is 1.61. The highest BCUT2D eigenvalue weighted by molar-refractivity contribution is 4.88. The summed E-state index contributed by atoms with van der Waals surface area (Å²) in [6.07, 6.45) is 8.53. The molecule has 0 aromatic rings. The fourth-order valence-electron chi connectivity index (χ4n) is 2.96. The van der Waals surface area contributed by atoms with Crippen molar-refractivity contribution >= 4 is 0 Å². The van der Waals surface area contributed by atoms with Crippen LogP contribution in [0, 0.1) is 0 Å². The maximum absolute atomic E-state index is 3.49. The van der Waals surface area contributed by atoms with Crippen molar-refractivity contribution in [3.8, 4) is 0 Å². The minimum atomic E-state index is 0.770. The van der Waals surface area contributed by atoms with Crippen molar-refractivity contribution in [3.63, 3.8) is 0 Å². The third-order valence-electron chi connectivity index (χ3n) is 3.71. The average Bonchev–Trinajstić information content (AvgIpc) is 2.70. The molecule has 2 rings (SSSR count). The molecule has 2 aliphatic rings. The molecule has 2 nitrogen and oxygen atoms in total. The van der Waals surface area contributed by atoms with Crippen molar-refractivity contribution in [2.75, 3.05) is 20.1 Å². The van der Waals surface area contributed by atoms with E-state index >= 15 is 0 Å². The lowest BCUT2D eigenvalue weighted by Crippen LogP contribution is -2.49. The molecule has 0 bridgehead atoms. The first-order valence-electron chi connectivity index (χ1n) is 5.83. The highest BCUT2D eigenvalue weighted by atomic mass is 15.2. The molecule has 1 heterocycles. The molecule has 1 unspecified atom stereocenters. The quantitative estimate of drug-likeness (QED) is 0.698. The van der Waals surface area contributed by atoms with Gasteiger partial charge in [0.05, 0.1) is 0 Å². The zero-order valence-electron chi connectivity index (χ0n) is 8.76. The second kappa shape index (κ2) is 4.43. The molecule has 2 fully saturated rings. The van der Waals surface area contributed by atoms with Crippen LogP contribution in [0.2, 0.25) is 0 Å². The Kier molecular flexibility index (Phi) is 3.23. The highest BCUT2D eigenvalue weighted by Gasteiger charge is 2.30. The van der Waals surface area contributed by atoms with Gasteiger partial charge in [0.15, 0.2) is 0 Å².